The molecule has 0 radical (unpaired) electrons. The zero-order valence-electron chi connectivity index (χ0n) is 22.9. The van der Waals surface area contributed by atoms with Gasteiger partial charge in [0.2, 0.25) is 0 Å². The highest BCUT2D eigenvalue weighted by molar-refractivity contribution is 5.96. The van der Waals surface area contributed by atoms with Gasteiger partial charge in [-0.3, -0.25) is 9.88 Å². The van der Waals surface area contributed by atoms with Gasteiger partial charge < -0.3 is 9.72 Å². The van der Waals surface area contributed by atoms with Crippen LogP contribution in [-0.2, 0) is 17.6 Å². The molecule has 8 rings (SSSR count). The van der Waals surface area contributed by atoms with Crippen LogP contribution in [0.25, 0.3) is 44.4 Å². The second-order valence-corrected chi connectivity index (χ2v) is 11.8. The van der Waals surface area contributed by atoms with Crippen molar-refractivity contribution in [1.29, 1.82) is 0 Å². The van der Waals surface area contributed by atoms with Gasteiger partial charge in [-0.25, -0.2) is 4.98 Å². The fourth-order valence-electron chi connectivity index (χ4n) is 7.35. The van der Waals surface area contributed by atoms with Gasteiger partial charge >= 0.3 is 0 Å². The van der Waals surface area contributed by atoms with E-state index in [1.165, 1.54) is 70.2 Å². The molecule has 0 saturated carbocycles. The molecule has 1 aliphatic carbocycles. The molecule has 5 heteroatoms. The number of aromatic nitrogens is 3. The number of aryl methyl sites for hydroxylation is 3. The van der Waals surface area contributed by atoms with Crippen molar-refractivity contribution < 1.29 is 4.74 Å². The predicted octanol–water partition coefficient (Wildman–Crippen LogP) is 6.99. The highest BCUT2D eigenvalue weighted by Crippen LogP contribution is 2.38. The lowest BCUT2D eigenvalue weighted by Gasteiger charge is -2.56. The van der Waals surface area contributed by atoms with Gasteiger partial charge in [0.1, 0.15) is 5.65 Å². The standard InChI is InChI=1S/C35H34N4O/c1-22-32(3-2-14-36-22)24-5-7-25(8-6-24)34-19-38-35-33(34)16-28(18-37-35)27-9-4-23-10-12-29(13-11-26(23)15-27)39-30-17-31(39)21-40-20-30/h2-9,14-16,18-19,29-31H,10-13,17,20-21H2,1H3,(H,37,38)/t29-,30?,31?/m0/s1. The van der Waals surface area contributed by atoms with Gasteiger partial charge in [-0.15, -0.1) is 0 Å². The molecule has 3 aromatic heterocycles. The Morgan fingerprint density at radius 2 is 1.52 bits per heavy atom. The van der Waals surface area contributed by atoms with Gasteiger partial charge in [0.05, 0.1) is 13.2 Å². The molecular formula is C35H34N4O. The molecule has 1 N–H and O–H groups in total. The summed E-state index contributed by atoms with van der Waals surface area (Å²) in [6.45, 7) is 3.91. The zero-order valence-corrected chi connectivity index (χ0v) is 22.9. The lowest BCUT2D eigenvalue weighted by atomic mass is 9.87. The van der Waals surface area contributed by atoms with Crippen molar-refractivity contribution in [3.05, 3.63) is 96.1 Å². The van der Waals surface area contributed by atoms with Gasteiger partial charge in [0.25, 0.3) is 0 Å². The quantitative estimate of drug-likeness (QED) is 0.257. The molecule has 200 valence electrons. The van der Waals surface area contributed by atoms with E-state index in [0.717, 1.165) is 36.4 Å². The van der Waals surface area contributed by atoms with Gasteiger partial charge in [0.15, 0.2) is 0 Å². The SMILES string of the molecule is Cc1ncccc1-c1ccc(-c2c[nH]c3ncc(-c4ccc5c(c4)CC[C@@H](N4C6COCC4C6)CC5)cc23)cc1. The molecule has 2 aromatic carbocycles. The third kappa shape index (κ3) is 4.07. The molecule has 2 unspecified atom stereocenters. The van der Waals surface area contributed by atoms with E-state index in [1.54, 1.807) is 0 Å². The average Bonchev–Trinajstić information content (AvgIpc) is 3.32. The molecule has 2 aliphatic heterocycles. The Bertz CT molecular complexity index is 1690. The van der Waals surface area contributed by atoms with Crippen molar-refractivity contribution in [2.24, 2.45) is 0 Å². The van der Waals surface area contributed by atoms with Crippen LogP contribution >= 0.6 is 0 Å². The Hall–Kier alpha value is -3.80. The summed E-state index contributed by atoms with van der Waals surface area (Å²) >= 11 is 0. The molecule has 5 nitrogen and oxygen atoms in total. The number of H-pyrrole nitrogens is 1. The lowest BCUT2D eigenvalue weighted by Crippen LogP contribution is -2.66. The number of nitrogens with zero attached hydrogens (tertiary/aromatic N) is 3. The second kappa shape index (κ2) is 9.69. The van der Waals surface area contributed by atoms with Crippen LogP contribution in [0.1, 0.15) is 36.1 Å². The van der Waals surface area contributed by atoms with E-state index < -0.39 is 0 Å². The van der Waals surface area contributed by atoms with Crippen molar-refractivity contribution >= 4 is 11.0 Å². The van der Waals surface area contributed by atoms with E-state index in [1.807, 2.05) is 18.5 Å². The Balaban J connectivity index is 1.06. The predicted molar refractivity (Wildman–Crippen MR) is 160 cm³/mol. The highest BCUT2D eigenvalue weighted by Gasteiger charge is 2.45. The number of hydrogen-bond donors (Lipinski definition) is 1. The van der Waals surface area contributed by atoms with Crippen molar-refractivity contribution in [1.82, 2.24) is 19.9 Å². The smallest absolute Gasteiger partial charge is 0.137 e. The summed E-state index contributed by atoms with van der Waals surface area (Å²) in [5, 5.41) is 1.16. The van der Waals surface area contributed by atoms with Crippen LogP contribution < -0.4 is 0 Å². The van der Waals surface area contributed by atoms with Gasteiger partial charge in [-0.05, 0) is 79.0 Å². The van der Waals surface area contributed by atoms with Crippen LogP contribution in [0.4, 0.5) is 0 Å². The topological polar surface area (TPSA) is 54.0 Å². The number of nitrogens with one attached hydrogen (secondary N) is 1. The molecule has 0 spiro atoms. The molecule has 5 heterocycles. The summed E-state index contributed by atoms with van der Waals surface area (Å²) in [5.74, 6) is 0. The third-order valence-electron chi connectivity index (χ3n) is 9.51. The minimum absolute atomic E-state index is 0.657. The Labute approximate surface area is 235 Å². The lowest BCUT2D eigenvalue weighted by molar-refractivity contribution is -0.148. The number of ether oxygens (including phenoxy) is 1. The minimum atomic E-state index is 0.657. The number of morpholine rings is 1. The van der Waals surface area contributed by atoms with Crippen LogP contribution in [0.15, 0.2) is 79.3 Å². The summed E-state index contributed by atoms with van der Waals surface area (Å²) in [7, 11) is 0. The van der Waals surface area contributed by atoms with Crippen molar-refractivity contribution in [3.63, 3.8) is 0 Å². The van der Waals surface area contributed by atoms with E-state index in [0.29, 0.717) is 18.1 Å². The van der Waals surface area contributed by atoms with Crippen LogP contribution in [0.5, 0.6) is 0 Å². The van der Waals surface area contributed by atoms with Crippen molar-refractivity contribution in [3.8, 4) is 33.4 Å². The summed E-state index contributed by atoms with van der Waals surface area (Å²) in [4.78, 5) is 15.4. The number of hydrogen-bond acceptors (Lipinski definition) is 4. The zero-order chi connectivity index (χ0) is 26.6. The van der Waals surface area contributed by atoms with E-state index in [4.69, 9.17) is 9.72 Å². The second-order valence-electron chi connectivity index (χ2n) is 11.8. The van der Waals surface area contributed by atoms with Crippen LogP contribution in [-0.4, -0.2) is 51.2 Å². The molecular weight excluding hydrogens is 492 g/mol. The summed E-state index contributed by atoms with van der Waals surface area (Å²) in [6, 6.07) is 24.3. The van der Waals surface area contributed by atoms with E-state index in [9.17, 15) is 0 Å². The van der Waals surface area contributed by atoms with Crippen LogP contribution in [0, 0.1) is 6.92 Å². The Morgan fingerprint density at radius 3 is 2.30 bits per heavy atom. The summed E-state index contributed by atoms with van der Waals surface area (Å²) < 4.78 is 5.75. The number of rotatable bonds is 4. The van der Waals surface area contributed by atoms with Crippen LogP contribution in [0.3, 0.4) is 0 Å². The third-order valence-corrected chi connectivity index (χ3v) is 9.51. The van der Waals surface area contributed by atoms with E-state index >= 15 is 0 Å². The largest absolute Gasteiger partial charge is 0.378 e. The Kier molecular flexibility index (Phi) is 5.82. The average molecular weight is 527 g/mol. The first-order chi connectivity index (χ1) is 19.7. The monoisotopic (exact) mass is 526 g/mol. The van der Waals surface area contributed by atoms with Gasteiger partial charge in [-0.1, -0.05) is 48.5 Å². The molecule has 3 aliphatic rings. The maximum Gasteiger partial charge on any atom is 0.137 e. The molecule has 2 saturated heterocycles. The maximum absolute atomic E-state index is 5.75. The van der Waals surface area contributed by atoms with E-state index in [-0.39, 0.29) is 0 Å². The fourth-order valence-corrected chi connectivity index (χ4v) is 7.35. The van der Waals surface area contributed by atoms with Crippen molar-refractivity contribution in [2.75, 3.05) is 13.2 Å². The number of benzene rings is 2. The molecule has 3 atom stereocenters. The Morgan fingerprint density at radius 1 is 0.775 bits per heavy atom. The normalized spacial score (nSPS) is 22.5. The molecule has 5 aromatic rings. The number of aromatic amines is 1. The minimum Gasteiger partial charge on any atom is -0.378 e. The number of pyridine rings is 2. The molecule has 2 fully saturated rings. The highest BCUT2D eigenvalue weighted by atomic mass is 16.5. The van der Waals surface area contributed by atoms with Crippen LogP contribution in [0.2, 0.25) is 0 Å². The fraction of sp³-hybridized carbons (Fsp3) is 0.314. The first-order valence-electron chi connectivity index (χ1n) is 14.7. The molecule has 0 amide bonds. The van der Waals surface area contributed by atoms with Gasteiger partial charge in [-0.2, -0.15) is 0 Å². The maximum atomic E-state index is 5.75. The molecule has 2 bridgehead atoms. The number of fused-ring (bicyclic) bond motifs is 4. The first kappa shape index (κ1) is 24.0. The van der Waals surface area contributed by atoms with Gasteiger partial charge in [0, 0.05) is 64.5 Å². The molecule has 40 heavy (non-hydrogen) atoms. The van der Waals surface area contributed by atoms with E-state index in [2.05, 4.69) is 82.6 Å². The van der Waals surface area contributed by atoms with Crippen molar-refractivity contribution in [2.45, 2.75) is 57.2 Å². The first-order valence-corrected chi connectivity index (χ1v) is 14.7. The summed E-state index contributed by atoms with van der Waals surface area (Å²) in [6.07, 6.45) is 12.1. The summed E-state index contributed by atoms with van der Waals surface area (Å²) in [5.41, 5.74) is 12.2.